The first-order chi connectivity index (χ1) is 8.19. The third kappa shape index (κ3) is 2.78. The van der Waals surface area contributed by atoms with Crippen LogP contribution in [0, 0.1) is 0 Å². The van der Waals surface area contributed by atoms with Crippen LogP contribution in [0.4, 0.5) is 5.82 Å². The lowest BCUT2D eigenvalue weighted by atomic mass is 10.1. The zero-order chi connectivity index (χ0) is 12.3. The number of aromatic nitrogens is 2. The normalized spacial score (nSPS) is 12.2. The Bertz CT molecular complexity index is 493. The molecule has 0 spiro atoms. The van der Waals surface area contributed by atoms with E-state index >= 15 is 0 Å². The highest BCUT2D eigenvalue weighted by Crippen LogP contribution is 2.21. The molecule has 4 heteroatoms. The van der Waals surface area contributed by atoms with Gasteiger partial charge >= 0.3 is 0 Å². The van der Waals surface area contributed by atoms with Gasteiger partial charge in [0.05, 0.1) is 13.2 Å². The van der Waals surface area contributed by atoms with Gasteiger partial charge in [-0.1, -0.05) is 12.1 Å². The van der Waals surface area contributed by atoms with Gasteiger partial charge in [-0.05, 0) is 24.6 Å². The maximum Gasteiger partial charge on any atom is 0.148 e. The smallest absolute Gasteiger partial charge is 0.148 e. The largest absolute Gasteiger partial charge is 0.497 e. The van der Waals surface area contributed by atoms with Gasteiger partial charge in [-0.15, -0.1) is 0 Å². The minimum absolute atomic E-state index is 0.194. The van der Waals surface area contributed by atoms with Crippen LogP contribution in [0.25, 0.3) is 0 Å². The molecule has 1 aromatic carbocycles. The molecule has 0 aliphatic heterocycles. The van der Waals surface area contributed by atoms with Crippen molar-refractivity contribution in [3.8, 4) is 5.75 Å². The quantitative estimate of drug-likeness (QED) is 0.879. The topological polar surface area (TPSA) is 39.1 Å². The van der Waals surface area contributed by atoms with Crippen LogP contribution in [0.1, 0.15) is 18.5 Å². The first-order valence-electron chi connectivity index (χ1n) is 5.59. The van der Waals surface area contributed by atoms with Crippen LogP contribution in [0.15, 0.2) is 36.5 Å². The average molecular weight is 231 g/mol. The zero-order valence-electron chi connectivity index (χ0n) is 10.3. The predicted molar refractivity (Wildman–Crippen MR) is 68.2 cm³/mol. The summed E-state index contributed by atoms with van der Waals surface area (Å²) in [6.07, 6.45) is 1.92. The highest BCUT2D eigenvalue weighted by molar-refractivity contribution is 5.38. The van der Waals surface area contributed by atoms with Crippen LogP contribution in [-0.4, -0.2) is 16.9 Å². The van der Waals surface area contributed by atoms with Gasteiger partial charge in [0.1, 0.15) is 11.6 Å². The molecule has 2 aromatic rings. The second-order valence-electron chi connectivity index (χ2n) is 4.02. The Labute approximate surface area is 101 Å². The minimum Gasteiger partial charge on any atom is -0.497 e. The minimum atomic E-state index is 0.194. The van der Waals surface area contributed by atoms with Gasteiger partial charge in [0.25, 0.3) is 0 Å². The Balaban J connectivity index is 2.11. The third-order valence-electron chi connectivity index (χ3n) is 2.67. The molecular formula is C13H17N3O. The number of nitrogens with zero attached hydrogens (tertiary/aromatic N) is 2. The maximum atomic E-state index is 5.21. The van der Waals surface area contributed by atoms with E-state index in [1.54, 1.807) is 11.8 Å². The summed E-state index contributed by atoms with van der Waals surface area (Å²) in [5.74, 6) is 1.75. The molecule has 0 bridgehead atoms. The molecule has 0 saturated heterocycles. The molecule has 0 saturated carbocycles. The van der Waals surface area contributed by atoms with Gasteiger partial charge < -0.3 is 10.1 Å². The Morgan fingerprint density at radius 2 is 2.18 bits per heavy atom. The lowest BCUT2D eigenvalue weighted by molar-refractivity contribution is 0.414. The summed E-state index contributed by atoms with van der Waals surface area (Å²) in [6.45, 7) is 2.10. The summed E-state index contributed by atoms with van der Waals surface area (Å²) in [5.41, 5.74) is 1.18. The van der Waals surface area contributed by atoms with Crippen LogP contribution < -0.4 is 10.1 Å². The van der Waals surface area contributed by atoms with Crippen molar-refractivity contribution >= 4 is 5.82 Å². The molecule has 0 radical (unpaired) electrons. The number of anilines is 1. The summed E-state index contributed by atoms with van der Waals surface area (Å²) in [7, 11) is 3.58. The van der Waals surface area contributed by atoms with Crippen molar-refractivity contribution in [2.45, 2.75) is 13.0 Å². The highest BCUT2D eigenvalue weighted by Gasteiger charge is 2.07. The number of rotatable bonds is 4. The zero-order valence-corrected chi connectivity index (χ0v) is 10.3. The number of ether oxygens (including phenoxy) is 1. The lowest BCUT2D eigenvalue weighted by Crippen LogP contribution is -2.07. The number of nitrogens with one attached hydrogen (secondary N) is 1. The standard InChI is InChI=1S/C13H17N3O/c1-10(14-13-7-8-16(2)15-13)11-5-4-6-12(9-11)17-3/h4-10H,1-3H3,(H,14,15). The number of hydrogen-bond donors (Lipinski definition) is 1. The molecule has 0 aliphatic rings. The fourth-order valence-corrected chi connectivity index (χ4v) is 1.71. The molecule has 1 unspecified atom stereocenters. The van der Waals surface area contributed by atoms with Crippen molar-refractivity contribution in [2.24, 2.45) is 7.05 Å². The molecule has 1 atom stereocenters. The van der Waals surface area contributed by atoms with E-state index in [1.807, 2.05) is 37.5 Å². The van der Waals surface area contributed by atoms with Crippen LogP contribution in [0.5, 0.6) is 5.75 Å². The average Bonchev–Trinajstić information content (AvgIpc) is 2.75. The van der Waals surface area contributed by atoms with E-state index in [0.29, 0.717) is 0 Å². The van der Waals surface area contributed by atoms with E-state index in [9.17, 15) is 0 Å². The summed E-state index contributed by atoms with van der Waals surface area (Å²) >= 11 is 0. The Morgan fingerprint density at radius 3 is 2.82 bits per heavy atom. The molecule has 2 rings (SSSR count). The van der Waals surface area contributed by atoms with Gasteiger partial charge in [-0.3, -0.25) is 4.68 Å². The SMILES string of the molecule is COc1cccc(C(C)Nc2ccn(C)n2)c1. The molecule has 0 amide bonds. The second-order valence-corrected chi connectivity index (χ2v) is 4.02. The van der Waals surface area contributed by atoms with Crippen LogP contribution in [-0.2, 0) is 7.05 Å². The van der Waals surface area contributed by atoms with Gasteiger partial charge in [0.2, 0.25) is 0 Å². The molecule has 1 aromatic heterocycles. The number of hydrogen-bond acceptors (Lipinski definition) is 3. The fourth-order valence-electron chi connectivity index (χ4n) is 1.71. The maximum absolute atomic E-state index is 5.21. The highest BCUT2D eigenvalue weighted by atomic mass is 16.5. The van der Waals surface area contributed by atoms with Crippen LogP contribution in [0.2, 0.25) is 0 Å². The summed E-state index contributed by atoms with van der Waals surface area (Å²) < 4.78 is 6.99. The van der Waals surface area contributed by atoms with E-state index in [2.05, 4.69) is 23.4 Å². The first kappa shape index (κ1) is 11.5. The summed E-state index contributed by atoms with van der Waals surface area (Å²) in [5, 5.41) is 7.64. The molecule has 90 valence electrons. The van der Waals surface area contributed by atoms with Crippen LogP contribution >= 0.6 is 0 Å². The Morgan fingerprint density at radius 1 is 1.35 bits per heavy atom. The molecule has 4 nitrogen and oxygen atoms in total. The number of benzene rings is 1. The van der Waals surface area contributed by atoms with Crippen molar-refractivity contribution in [3.05, 3.63) is 42.1 Å². The van der Waals surface area contributed by atoms with Crippen molar-refractivity contribution in [3.63, 3.8) is 0 Å². The van der Waals surface area contributed by atoms with E-state index in [-0.39, 0.29) is 6.04 Å². The molecule has 1 heterocycles. The van der Waals surface area contributed by atoms with Crippen molar-refractivity contribution < 1.29 is 4.74 Å². The lowest BCUT2D eigenvalue weighted by Gasteiger charge is -2.14. The van der Waals surface area contributed by atoms with Gasteiger partial charge in [0, 0.05) is 19.3 Å². The molecular weight excluding hydrogens is 214 g/mol. The second kappa shape index (κ2) is 4.91. The van der Waals surface area contributed by atoms with Gasteiger partial charge in [-0.2, -0.15) is 5.10 Å². The van der Waals surface area contributed by atoms with Crippen molar-refractivity contribution in [2.75, 3.05) is 12.4 Å². The van der Waals surface area contributed by atoms with E-state index in [4.69, 9.17) is 4.74 Å². The van der Waals surface area contributed by atoms with Crippen LogP contribution in [0.3, 0.4) is 0 Å². The number of aryl methyl sites for hydroxylation is 1. The monoisotopic (exact) mass is 231 g/mol. The summed E-state index contributed by atoms with van der Waals surface area (Å²) in [6, 6.07) is 10.2. The van der Waals surface area contributed by atoms with Gasteiger partial charge in [0.15, 0.2) is 0 Å². The fraction of sp³-hybridized carbons (Fsp3) is 0.308. The van der Waals surface area contributed by atoms with E-state index in [1.165, 1.54) is 5.56 Å². The van der Waals surface area contributed by atoms with Crippen molar-refractivity contribution in [1.29, 1.82) is 0 Å². The Kier molecular flexibility index (Phi) is 3.32. The van der Waals surface area contributed by atoms with E-state index in [0.717, 1.165) is 11.6 Å². The molecule has 0 aliphatic carbocycles. The van der Waals surface area contributed by atoms with Crippen molar-refractivity contribution in [1.82, 2.24) is 9.78 Å². The predicted octanol–water partition coefficient (Wildman–Crippen LogP) is 2.60. The number of methoxy groups -OCH3 is 1. The Hall–Kier alpha value is -1.97. The third-order valence-corrected chi connectivity index (χ3v) is 2.67. The summed E-state index contributed by atoms with van der Waals surface area (Å²) in [4.78, 5) is 0. The van der Waals surface area contributed by atoms with Gasteiger partial charge in [-0.25, -0.2) is 0 Å². The molecule has 0 fully saturated rings. The first-order valence-corrected chi connectivity index (χ1v) is 5.59. The molecule has 17 heavy (non-hydrogen) atoms. The molecule has 1 N–H and O–H groups in total. The van der Waals surface area contributed by atoms with E-state index < -0.39 is 0 Å².